The van der Waals surface area contributed by atoms with Crippen LogP contribution in [0.15, 0.2) is 30.3 Å². The zero-order valence-corrected chi connectivity index (χ0v) is 8.67. The van der Waals surface area contributed by atoms with Crippen molar-refractivity contribution in [2.75, 3.05) is 0 Å². The summed E-state index contributed by atoms with van der Waals surface area (Å²) < 4.78 is 5.69. The summed E-state index contributed by atoms with van der Waals surface area (Å²) >= 11 is 0. The first-order valence-corrected chi connectivity index (χ1v) is 5.35. The predicted molar refractivity (Wildman–Crippen MR) is 58.2 cm³/mol. The minimum absolute atomic E-state index is 0.107. The summed E-state index contributed by atoms with van der Waals surface area (Å²) in [5.41, 5.74) is 6.87. The van der Waals surface area contributed by atoms with E-state index < -0.39 is 6.10 Å². The number of hydrogen-bond acceptors (Lipinski definition) is 3. The van der Waals surface area contributed by atoms with Gasteiger partial charge in [-0.15, -0.1) is 0 Å². The fourth-order valence-electron chi connectivity index (χ4n) is 1.93. The second kappa shape index (κ2) is 4.75. The first-order chi connectivity index (χ1) is 7.25. The monoisotopic (exact) mass is 207 g/mol. The second-order valence-corrected chi connectivity index (χ2v) is 4.12. The molecule has 0 heterocycles. The molecule has 1 saturated carbocycles. The average Bonchev–Trinajstić information content (AvgIpc) is 2.57. The van der Waals surface area contributed by atoms with Crippen LogP contribution in [0, 0.1) is 0 Å². The topological polar surface area (TPSA) is 55.5 Å². The van der Waals surface area contributed by atoms with Crippen molar-refractivity contribution in [1.82, 2.24) is 0 Å². The Labute approximate surface area is 89.9 Å². The van der Waals surface area contributed by atoms with Crippen LogP contribution in [-0.4, -0.2) is 23.4 Å². The molecule has 3 heteroatoms. The van der Waals surface area contributed by atoms with Crippen LogP contribution in [0.25, 0.3) is 0 Å². The molecule has 0 unspecified atom stereocenters. The highest BCUT2D eigenvalue weighted by molar-refractivity contribution is 5.13. The lowest BCUT2D eigenvalue weighted by atomic mass is 10.2. The van der Waals surface area contributed by atoms with Crippen molar-refractivity contribution in [3.63, 3.8) is 0 Å². The van der Waals surface area contributed by atoms with E-state index >= 15 is 0 Å². The SMILES string of the molecule is N[C@@H]1C[C@@H](OCc2ccccc2)C[C@@H]1O. The Morgan fingerprint density at radius 1 is 1.27 bits per heavy atom. The van der Waals surface area contributed by atoms with Gasteiger partial charge in [0, 0.05) is 12.5 Å². The molecule has 3 N–H and O–H groups in total. The predicted octanol–water partition coefficient (Wildman–Crippen LogP) is 1.05. The zero-order chi connectivity index (χ0) is 10.7. The standard InChI is InChI=1S/C12H17NO2/c13-11-6-10(7-12(11)14)15-8-9-4-2-1-3-5-9/h1-5,10-12,14H,6-8,13H2/t10-,11-,12+/m1/s1. The van der Waals surface area contributed by atoms with Gasteiger partial charge in [0.15, 0.2) is 0 Å². The fourth-order valence-corrected chi connectivity index (χ4v) is 1.93. The van der Waals surface area contributed by atoms with E-state index in [1.165, 1.54) is 0 Å². The van der Waals surface area contributed by atoms with Crippen LogP contribution in [0.3, 0.4) is 0 Å². The van der Waals surface area contributed by atoms with Gasteiger partial charge in [0.05, 0.1) is 18.8 Å². The smallest absolute Gasteiger partial charge is 0.0720 e. The molecule has 2 rings (SSSR count). The minimum atomic E-state index is -0.397. The number of ether oxygens (including phenoxy) is 1. The lowest BCUT2D eigenvalue weighted by molar-refractivity contribution is 0.0357. The Morgan fingerprint density at radius 2 is 2.00 bits per heavy atom. The molecule has 1 aliphatic rings. The highest BCUT2D eigenvalue weighted by Crippen LogP contribution is 2.22. The van der Waals surface area contributed by atoms with E-state index in [0.29, 0.717) is 13.0 Å². The molecular formula is C12H17NO2. The van der Waals surface area contributed by atoms with E-state index in [1.54, 1.807) is 0 Å². The van der Waals surface area contributed by atoms with Crippen molar-refractivity contribution in [2.24, 2.45) is 5.73 Å². The highest BCUT2D eigenvalue weighted by Gasteiger charge is 2.30. The van der Waals surface area contributed by atoms with E-state index in [1.807, 2.05) is 30.3 Å². The molecule has 0 aliphatic heterocycles. The third-order valence-electron chi connectivity index (χ3n) is 2.86. The summed E-state index contributed by atoms with van der Waals surface area (Å²) in [6.07, 6.45) is 1.13. The third kappa shape index (κ3) is 2.78. The van der Waals surface area contributed by atoms with Gasteiger partial charge in [-0.2, -0.15) is 0 Å². The van der Waals surface area contributed by atoms with Crippen LogP contribution in [0.2, 0.25) is 0 Å². The maximum absolute atomic E-state index is 9.46. The summed E-state index contributed by atoms with van der Waals surface area (Å²) in [5.74, 6) is 0. The minimum Gasteiger partial charge on any atom is -0.391 e. The Balaban J connectivity index is 1.80. The molecule has 15 heavy (non-hydrogen) atoms. The lowest BCUT2D eigenvalue weighted by Gasteiger charge is -2.10. The van der Waals surface area contributed by atoms with Gasteiger partial charge in [0.1, 0.15) is 0 Å². The van der Waals surface area contributed by atoms with Crippen LogP contribution in [0.1, 0.15) is 18.4 Å². The molecular weight excluding hydrogens is 190 g/mol. The van der Waals surface area contributed by atoms with Crippen molar-refractivity contribution in [3.8, 4) is 0 Å². The highest BCUT2D eigenvalue weighted by atomic mass is 16.5. The molecule has 3 nitrogen and oxygen atoms in total. The zero-order valence-electron chi connectivity index (χ0n) is 8.67. The van der Waals surface area contributed by atoms with Crippen LogP contribution in [-0.2, 0) is 11.3 Å². The number of nitrogens with two attached hydrogens (primary N) is 1. The summed E-state index contributed by atoms with van der Waals surface area (Å²) in [5, 5.41) is 9.46. The van der Waals surface area contributed by atoms with Gasteiger partial charge in [-0.25, -0.2) is 0 Å². The van der Waals surface area contributed by atoms with E-state index in [0.717, 1.165) is 12.0 Å². The maximum Gasteiger partial charge on any atom is 0.0720 e. The number of rotatable bonds is 3. The quantitative estimate of drug-likeness (QED) is 0.779. The molecule has 0 radical (unpaired) electrons. The van der Waals surface area contributed by atoms with Gasteiger partial charge in [-0.05, 0) is 12.0 Å². The van der Waals surface area contributed by atoms with Gasteiger partial charge in [0.25, 0.3) is 0 Å². The normalized spacial score (nSPS) is 30.7. The van der Waals surface area contributed by atoms with Crippen LogP contribution >= 0.6 is 0 Å². The molecule has 82 valence electrons. The molecule has 0 saturated heterocycles. The van der Waals surface area contributed by atoms with E-state index in [2.05, 4.69) is 0 Å². The number of hydrogen-bond donors (Lipinski definition) is 2. The first-order valence-electron chi connectivity index (χ1n) is 5.35. The first kappa shape index (κ1) is 10.6. The van der Waals surface area contributed by atoms with Crippen molar-refractivity contribution in [2.45, 2.75) is 37.7 Å². The molecule has 1 aromatic rings. The number of benzene rings is 1. The molecule has 0 spiro atoms. The molecule has 1 fully saturated rings. The van der Waals surface area contributed by atoms with Gasteiger partial charge in [0.2, 0.25) is 0 Å². The molecule has 1 aliphatic carbocycles. The lowest BCUT2D eigenvalue weighted by Crippen LogP contribution is -2.28. The fraction of sp³-hybridized carbons (Fsp3) is 0.500. The van der Waals surface area contributed by atoms with Gasteiger partial charge < -0.3 is 15.6 Å². The summed E-state index contributed by atoms with van der Waals surface area (Å²) in [7, 11) is 0. The molecule has 0 aromatic heterocycles. The number of aliphatic hydroxyl groups is 1. The maximum atomic E-state index is 9.46. The number of aliphatic hydroxyl groups excluding tert-OH is 1. The van der Waals surface area contributed by atoms with Crippen molar-refractivity contribution >= 4 is 0 Å². The van der Waals surface area contributed by atoms with E-state index in [4.69, 9.17) is 10.5 Å². The van der Waals surface area contributed by atoms with Gasteiger partial charge in [-0.1, -0.05) is 30.3 Å². The Hall–Kier alpha value is -0.900. The Kier molecular flexibility index (Phi) is 3.36. The van der Waals surface area contributed by atoms with Crippen molar-refractivity contribution in [3.05, 3.63) is 35.9 Å². The van der Waals surface area contributed by atoms with Crippen molar-refractivity contribution in [1.29, 1.82) is 0 Å². The summed E-state index contributed by atoms with van der Waals surface area (Å²) in [6.45, 7) is 0.602. The third-order valence-corrected chi connectivity index (χ3v) is 2.86. The average molecular weight is 207 g/mol. The van der Waals surface area contributed by atoms with Gasteiger partial charge >= 0.3 is 0 Å². The molecule has 1 aromatic carbocycles. The van der Waals surface area contributed by atoms with Crippen LogP contribution < -0.4 is 5.73 Å². The van der Waals surface area contributed by atoms with Crippen LogP contribution in [0.5, 0.6) is 0 Å². The molecule has 3 atom stereocenters. The second-order valence-electron chi connectivity index (χ2n) is 4.12. The largest absolute Gasteiger partial charge is 0.391 e. The molecule has 0 amide bonds. The van der Waals surface area contributed by atoms with Gasteiger partial charge in [-0.3, -0.25) is 0 Å². The van der Waals surface area contributed by atoms with Crippen molar-refractivity contribution < 1.29 is 9.84 Å². The Bertz CT molecular complexity index is 292. The summed E-state index contributed by atoms with van der Waals surface area (Å²) in [6, 6.07) is 9.92. The van der Waals surface area contributed by atoms with E-state index in [9.17, 15) is 5.11 Å². The van der Waals surface area contributed by atoms with E-state index in [-0.39, 0.29) is 12.1 Å². The summed E-state index contributed by atoms with van der Waals surface area (Å²) in [4.78, 5) is 0. The van der Waals surface area contributed by atoms with Crippen LogP contribution in [0.4, 0.5) is 0 Å². The Morgan fingerprint density at radius 3 is 2.60 bits per heavy atom. The molecule has 0 bridgehead atoms.